The van der Waals surface area contributed by atoms with Crippen molar-refractivity contribution < 1.29 is 28.1 Å². The van der Waals surface area contributed by atoms with Gasteiger partial charge in [0.2, 0.25) is 0 Å². The number of benzene rings is 2. The number of rotatable bonds is 9. The number of allylic oxidation sites excluding steroid dienone is 1. The maximum Gasteiger partial charge on any atom is 0.319 e. The largest absolute Gasteiger partial charge is 0.512 e. The molecule has 9 nitrogen and oxygen atoms in total. The van der Waals surface area contributed by atoms with Crippen LogP contribution in [0.4, 0.5) is 14.6 Å². The molecule has 4 bridgehead atoms. The van der Waals surface area contributed by atoms with Crippen LogP contribution < -0.4 is 15.0 Å². The van der Waals surface area contributed by atoms with Crippen molar-refractivity contribution in [3.8, 4) is 6.01 Å². The molecule has 4 fully saturated rings. The van der Waals surface area contributed by atoms with Crippen LogP contribution in [0.25, 0.3) is 17.0 Å². The van der Waals surface area contributed by atoms with Crippen LogP contribution in [0.1, 0.15) is 67.2 Å². The van der Waals surface area contributed by atoms with E-state index in [9.17, 15) is 5.11 Å². The van der Waals surface area contributed by atoms with Gasteiger partial charge in [-0.25, -0.2) is 8.78 Å². The average Bonchev–Trinajstić information content (AvgIpc) is 3.51. The molecule has 0 amide bonds. The molecule has 6 atom stereocenters. The molecule has 8 rings (SSSR count). The van der Waals surface area contributed by atoms with Crippen LogP contribution >= 0.6 is 0 Å². The number of halogens is 2. The first-order chi connectivity index (χ1) is 22.9. The SMILES string of the molecule is CCc1cccc2c1C(c1c(F)cc3c(N4CC5CCC(C4)N5)nc(OCC(CN4C5CCC4COC5)OC)nc3c1F)CC(O)=C2. The quantitative estimate of drug-likeness (QED) is 0.329. The Kier molecular flexibility index (Phi) is 8.27. The first-order valence-corrected chi connectivity index (χ1v) is 17.1. The molecule has 5 heterocycles. The van der Waals surface area contributed by atoms with Crippen LogP contribution in [-0.4, -0.2) is 96.8 Å². The highest BCUT2D eigenvalue weighted by molar-refractivity contribution is 5.91. The number of piperazine rings is 1. The lowest BCUT2D eigenvalue weighted by Crippen LogP contribution is -2.51. The van der Waals surface area contributed by atoms with Gasteiger partial charge >= 0.3 is 6.01 Å². The minimum Gasteiger partial charge on any atom is -0.512 e. The number of aliphatic hydroxyl groups excluding tert-OH is 1. The van der Waals surface area contributed by atoms with Crippen LogP contribution in [0.5, 0.6) is 6.01 Å². The second-order valence-corrected chi connectivity index (χ2v) is 13.8. The lowest BCUT2D eigenvalue weighted by atomic mass is 9.78. The summed E-state index contributed by atoms with van der Waals surface area (Å²) in [6.07, 6.45) is 6.59. The molecule has 0 saturated carbocycles. The third kappa shape index (κ3) is 5.64. The minimum absolute atomic E-state index is 0.0250. The van der Waals surface area contributed by atoms with E-state index < -0.39 is 17.6 Å². The highest BCUT2D eigenvalue weighted by Gasteiger charge is 2.39. The summed E-state index contributed by atoms with van der Waals surface area (Å²) in [4.78, 5) is 14.0. The van der Waals surface area contributed by atoms with E-state index in [-0.39, 0.29) is 42.0 Å². The predicted octanol–water partition coefficient (Wildman–Crippen LogP) is 5.10. The summed E-state index contributed by atoms with van der Waals surface area (Å²) in [6.45, 7) is 5.74. The Morgan fingerprint density at radius 3 is 2.55 bits per heavy atom. The van der Waals surface area contributed by atoms with Gasteiger partial charge in [0, 0.05) is 74.2 Å². The minimum atomic E-state index is -0.739. The van der Waals surface area contributed by atoms with E-state index in [1.807, 2.05) is 25.1 Å². The van der Waals surface area contributed by atoms with Gasteiger partial charge in [0.15, 0.2) is 5.82 Å². The number of nitrogens with one attached hydrogen (secondary N) is 1. The lowest BCUT2D eigenvalue weighted by molar-refractivity contribution is -0.0481. The van der Waals surface area contributed by atoms with Crippen molar-refractivity contribution >= 4 is 22.8 Å². The Balaban J connectivity index is 1.18. The fraction of sp³-hybridized carbons (Fsp3) is 0.556. The van der Waals surface area contributed by atoms with Crippen molar-refractivity contribution in [2.75, 3.05) is 51.5 Å². The normalized spacial score (nSPS) is 27.6. The summed E-state index contributed by atoms with van der Waals surface area (Å²) in [5, 5.41) is 14.6. The molecule has 5 aliphatic rings. The summed E-state index contributed by atoms with van der Waals surface area (Å²) in [7, 11) is 1.67. The van der Waals surface area contributed by atoms with Crippen LogP contribution in [0.2, 0.25) is 0 Å². The standard InChI is InChI=1S/C36H43F2N5O4/c1-3-20-5-4-6-21-11-26(44)12-28(31(20)21)32-30(37)13-29-34(33(32)38)40-36(41-35(29)42-14-22-7-8-23(15-42)39-22)47-19-27(45-2)16-43-24-9-10-25(43)18-46-17-24/h4-6,11,13,22-25,27-28,39,44H,3,7-10,12,14-19H2,1-2H3. The Labute approximate surface area is 273 Å². The molecular formula is C36H43F2N5O4. The van der Waals surface area contributed by atoms with E-state index in [2.05, 4.69) is 20.1 Å². The Morgan fingerprint density at radius 1 is 1.06 bits per heavy atom. The van der Waals surface area contributed by atoms with E-state index in [4.69, 9.17) is 19.2 Å². The topological polar surface area (TPSA) is 92.2 Å². The molecule has 0 spiro atoms. The highest BCUT2D eigenvalue weighted by Crippen LogP contribution is 2.44. The fourth-order valence-corrected chi connectivity index (χ4v) is 8.67. The van der Waals surface area contributed by atoms with Crippen molar-refractivity contribution in [3.63, 3.8) is 0 Å². The first kappa shape index (κ1) is 30.9. The van der Waals surface area contributed by atoms with Crippen LogP contribution in [0.15, 0.2) is 30.0 Å². The number of aromatic nitrogens is 2. The molecular weight excluding hydrogens is 604 g/mol. The molecule has 1 aromatic heterocycles. The number of anilines is 1. The second-order valence-electron chi connectivity index (χ2n) is 13.8. The molecule has 2 aromatic carbocycles. The maximum absolute atomic E-state index is 17.0. The van der Waals surface area contributed by atoms with Crippen molar-refractivity contribution in [3.05, 3.63) is 63.9 Å². The van der Waals surface area contributed by atoms with Crippen LogP contribution in [0.3, 0.4) is 0 Å². The molecule has 1 aliphatic carbocycles. The summed E-state index contributed by atoms with van der Waals surface area (Å²) in [5.74, 6) is -1.53. The monoisotopic (exact) mass is 647 g/mol. The number of fused-ring (bicyclic) bond motifs is 6. The number of aliphatic hydroxyl groups is 1. The van der Waals surface area contributed by atoms with E-state index in [0.29, 0.717) is 61.4 Å². The van der Waals surface area contributed by atoms with Gasteiger partial charge in [-0.3, -0.25) is 4.90 Å². The van der Waals surface area contributed by atoms with Gasteiger partial charge in [-0.1, -0.05) is 25.1 Å². The molecule has 47 heavy (non-hydrogen) atoms. The first-order valence-electron chi connectivity index (χ1n) is 17.1. The Bertz CT molecular complexity index is 1680. The zero-order valence-electron chi connectivity index (χ0n) is 27.1. The molecule has 4 aliphatic heterocycles. The molecule has 0 radical (unpaired) electrons. The third-order valence-corrected chi connectivity index (χ3v) is 11.0. The molecule has 3 aromatic rings. The van der Waals surface area contributed by atoms with Crippen LogP contribution in [0, 0.1) is 11.6 Å². The summed E-state index contributed by atoms with van der Waals surface area (Å²) < 4.78 is 51.1. The molecule has 11 heteroatoms. The highest BCUT2D eigenvalue weighted by atomic mass is 19.1. The number of hydrogen-bond donors (Lipinski definition) is 2. The maximum atomic E-state index is 17.0. The van der Waals surface area contributed by atoms with Gasteiger partial charge in [0.25, 0.3) is 0 Å². The van der Waals surface area contributed by atoms with Gasteiger partial charge in [0.05, 0.1) is 19.0 Å². The van der Waals surface area contributed by atoms with E-state index in [0.717, 1.165) is 55.6 Å². The van der Waals surface area contributed by atoms with Crippen molar-refractivity contribution in [2.24, 2.45) is 0 Å². The summed E-state index contributed by atoms with van der Waals surface area (Å²) in [6, 6.07) is 8.55. The smallest absolute Gasteiger partial charge is 0.319 e. The third-order valence-electron chi connectivity index (χ3n) is 11.0. The van der Waals surface area contributed by atoms with Crippen molar-refractivity contribution in [1.82, 2.24) is 20.2 Å². The number of nitrogens with zero attached hydrogens (tertiary/aromatic N) is 4. The molecule has 2 N–H and O–H groups in total. The lowest BCUT2D eigenvalue weighted by Gasteiger charge is -2.36. The molecule has 250 valence electrons. The Morgan fingerprint density at radius 2 is 1.83 bits per heavy atom. The van der Waals surface area contributed by atoms with Gasteiger partial charge in [-0.15, -0.1) is 0 Å². The summed E-state index contributed by atoms with van der Waals surface area (Å²) >= 11 is 0. The number of ether oxygens (including phenoxy) is 3. The Hall–Kier alpha value is -3.38. The number of hydrogen-bond acceptors (Lipinski definition) is 9. The zero-order chi connectivity index (χ0) is 32.2. The molecule has 6 unspecified atom stereocenters. The molecule has 4 saturated heterocycles. The van der Waals surface area contributed by atoms with E-state index in [1.165, 1.54) is 6.07 Å². The van der Waals surface area contributed by atoms with Crippen molar-refractivity contribution in [2.45, 2.75) is 81.6 Å². The fourth-order valence-electron chi connectivity index (χ4n) is 8.67. The predicted molar refractivity (Wildman–Crippen MR) is 175 cm³/mol. The van der Waals surface area contributed by atoms with Crippen molar-refractivity contribution in [1.29, 1.82) is 0 Å². The number of aryl methyl sites for hydroxylation is 1. The number of methoxy groups -OCH3 is 1. The second kappa shape index (κ2) is 12.6. The van der Waals surface area contributed by atoms with E-state index >= 15 is 8.78 Å². The van der Waals surface area contributed by atoms with Gasteiger partial charge in [0.1, 0.15) is 29.9 Å². The van der Waals surface area contributed by atoms with Gasteiger partial charge < -0.3 is 29.5 Å². The zero-order valence-corrected chi connectivity index (χ0v) is 27.1. The van der Waals surface area contributed by atoms with E-state index in [1.54, 1.807) is 13.2 Å². The summed E-state index contributed by atoms with van der Waals surface area (Å²) in [5.41, 5.74) is 2.55. The van der Waals surface area contributed by atoms with Crippen LogP contribution in [-0.2, 0) is 15.9 Å². The average molecular weight is 648 g/mol. The number of morpholine rings is 1. The van der Waals surface area contributed by atoms with Gasteiger partial charge in [-0.05, 0) is 60.9 Å². The van der Waals surface area contributed by atoms with Gasteiger partial charge in [-0.2, -0.15) is 9.97 Å².